The van der Waals surface area contributed by atoms with Gasteiger partial charge >= 0.3 is 165 Å². The molecule has 0 bridgehead atoms. The van der Waals surface area contributed by atoms with Crippen molar-refractivity contribution in [2.75, 3.05) is 18.0 Å². The quantitative estimate of drug-likeness (QED) is 0.527. The average molecular weight is 549 g/mol. The number of carbonyl (C=O) groups excluding carboxylic acids is 1. The number of ether oxygens (including phenoxy) is 1. The van der Waals surface area contributed by atoms with Crippen LogP contribution in [0.25, 0.3) is 11.0 Å². The Balaban J connectivity index is 1.49. The molecule has 8 heteroatoms. The van der Waals surface area contributed by atoms with E-state index >= 15 is 0 Å². The van der Waals surface area contributed by atoms with Crippen molar-refractivity contribution in [2.45, 2.75) is 78.7 Å². The molecule has 2 fully saturated rings. The van der Waals surface area contributed by atoms with Gasteiger partial charge in [0.25, 0.3) is 0 Å². The zero-order valence-corrected chi connectivity index (χ0v) is 22.9. The molecule has 0 aromatic carbocycles. The summed E-state index contributed by atoms with van der Waals surface area (Å²) >= 11 is -2.22. The van der Waals surface area contributed by atoms with Crippen LogP contribution < -0.4 is 8.61 Å². The number of halogens is 1. The molecule has 1 aliphatic heterocycles. The maximum absolute atomic E-state index is 13.2. The van der Waals surface area contributed by atoms with Crippen LogP contribution in [0.5, 0.6) is 0 Å². The van der Waals surface area contributed by atoms with E-state index in [4.69, 9.17) is 14.7 Å². The topological polar surface area (TPSA) is 58.6 Å². The molecule has 0 radical (unpaired) electrons. The summed E-state index contributed by atoms with van der Waals surface area (Å²) in [4.78, 5) is 33.9. The number of pyridine rings is 2. The summed E-state index contributed by atoms with van der Waals surface area (Å²) in [6, 6.07) is 8.35. The van der Waals surface area contributed by atoms with Gasteiger partial charge in [0, 0.05) is 12.8 Å². The van der Waals surface area contributed by atoms with Crippen LogP contribution in [0.2, 0.25) is 14.8 Å². The Bertz CT molecular complexity index is 998. The van der Waals surface area contributed by atoms with Crippen molar-refractivity contribution in [3.8, 4) is 0 Å². The van der Waals surface area contributed by atoms with Gasteiger partial charge in [0.1, 0.15) is 12.3 Å². The molecule has 0 N–H and O–H groups in total. The first kappa shape index (κ1) is 23.5. The first-order valence-corrected chi connectivity index (χ1v) is 21.6. The standard InChI is InChI=1S/C21H26FN4O2.3CH3.Sn/c1-21(2,3)26(20(27)28-16-11-14(22)12-16)15-8-10-25(13-15)19-7-6-17-18(24-19)5-4-9-23-17;;;;/h4-7,14-16H,8,10-13H2,1-3H3;3*1H3;. The van der Waals surface area contributed by atoms with Crippen LogP contribution in [-0.4, -0.2) is 76.3 Å². The number of nitrogens with zero attached hydrogens (tertiary/aromatic N) is 4. The van der Waals surface area contributed by atoms with Crippen LogP contribution in [0.3, 0.4) is 0 Å². The Labute approximate surface area is 194 Å². The number of amides is 1. The number of fused-ring (bicyclic) bond motifs is 1. The minimum atomic E-state index is -2.22. The van der Waals surface area contributed by atoms with Gasteiger partial charge in [-0.25, -0.2) is 4.39 Å². The van der Waals surface area contributed by atoms with Gasteiger partial charge in [-0.1, -0.05) is 0 Å². The molecular weight excluding hydrogens is 514 g/mol. The third kappa shape index (κ3) is 4.97. The van der Waals surface area contributed by atoms with Crippen LogP contribution in [0.15, 0.2) is 24.3 Å². The fourth-order valence-electron chi connectivity index (χ4n) is 4.52. The molecule has 0 spiro atoms. The van der Waals surface area contributed by atoms with Gasteiger partial charge in [-0.2, -0.15) is 0 Å². The van der Waals surface area contributed by atoms with Gasteiger partial charge in [-0.3, -0.25) is 0 Å². The number of anilines is 1. The Morgan fingerprint density at radius 1 is 1.12 bits per heavy atom. The van der Waals surface area contributed by atoms with E-state index in [0.29, 0.717) is 19.4 Å². The number of carbonyl (C=O) groups is 1. The molecular formula is C24H35FN4O2Sn. The predicted octanol–water partition coefficient (Wildman–Crippen LogP) is 4.49. The van der Waals surface area contributed by atoms with Crippen LogP contribution in [-0.2, 0) is 4.74 Å². The minimum absolute atomic E-state index is 0.0247. The summed E-state index contributed by atoms with van der Waals surface area (Å²) < 4.78 is 20.0. The fourth-order valence-corrected chi connectivity index (χ4v) is 7.49. The van der Waals surface area contributed by atoms with Crippen LogP contribution in [0.1, 0.15) is 40.0 Å². The van der Waals surface area contributed by atoms with E-state index in [0.717, 1.165) is 29.8 Å². The number of aromatic nitrogens is 2. The number of hydrogen-bond donors (Lipinski definition) is 0. The molecule has 4 rings (SSSR count). The van der Waals surface area contributed by atoms with E-state index in [2.05, 4.69) is 37.9 Å². The van der Waals surface area contributed by atoms with Crippen LogP contribution in [0.4, 0.5) is 15.0 Å². The summed E-state index contributed by atoms with van der Waals surface area (Å²) in [6.45, 7) is 7.59. The van der Waals surface area contributed by atoms with E-state index in [-0.39, 0.29) is 23.8 Å². The van der Waals surface area contributed by atoms with E-state index in [9.17, 15) is 9.18 Å². The van der Waals surface area contributed by atoms with Crippen molar-refractivity contribution in [3.63, 3.8) is 0 Å². The zero-order valence-electron chi connectivity index (χ0n) is 20.1. The van der Waals surface area contributed by atoms with Crippen molar-refractivity contribution in [1.29, 1.82) is 0 Å². The molecule has 1 aliphatic carbocycles. The average Bonchev–Trinajstić information content (AvgIpc) is 3.13. The number of hydrogen-bond acceptors (Lipinski definition) is 5. The Morgan fingerprint density at radius 2 is 1.78 bits per heavy atom. The molecule has 3 heterocycles. The molecule has 2 aromatic heterocycles. The SMILES string of the molecule is CC(C)(C)N(C(=O)OC1CC(F)C1)C1CCN(c2ccc3n[c]([Sn]([CH3])([CH3])[CH3])ccc3n2)C1. The third-order valence-electron chi connectivity index (χ3n) is 6.37. The van der Waals surface area contributed by atoms with Gasteiger partial charge in [0.2, 0.25) is 0 Å². The van der Waals surface area contributed by atoms with Crippen LogP contribution >= 0.6 is 0 Å². The van der Waals surface area contributed by atoms with E-state index < -0.39 is 24.5 Å². The second-order valence-corrected chi connectivity index (χ2v) is 25.5. The van der Waals surface area contributed by atoms with E-state index in [1.54, 1.807) is 0 Å². The van der Waals surface area contributed by atoms with Gasteiger partial charge in [-0.05, 0) is 0 Å². The molecule has 32 heavy (non-hydrogen) atoms. The molecule has 2 aromatic rings. The molecule has 1 unspecified atom stereocenters. The van der Waals surface area contributed by atoms with Gasteiger partial charge in [0.05, 0.1) is 0 Å². The maximum atomic E-state index is 13.2. The molecule has 1 saturated carbocycles. The molecule has 1 saturated heterocycles. The van der Waals surface area contributed by atoms with Crippen LogP contribution in [0, 0.1) is 0 Å². The first-order chi connectivity index (χ1) is 14.9. The Kier molecular flexibility index (Phi) is 6.33. The van der Waals surface area contributed by atoms with Crippen molar-refractivity contribution < 1.29 is 13.9 Å². The van der Waals surface area contributed by atoms with Crippen molar-refractivity contribution in [3.05, 3.63) is 24.3 Å². The molecule has 1 amide bonds. The van der Waals surface area contributed by atoms with E-state index in [1.165, 1.54) is 3.71 Å². The first-order valence-electron chi connectivity index (χ1n) is 11.6. The van der Waals surface area contributed by atoms with E-state index in [1.807, 2.05) is 31.7 Å². The Hall–Kier alpha value is -1.64. The van der Waals surface area contributed by atoms with Crippen molar-refractivity contribution >= 4 is 45.0 Å². The number of alkyl halides is 1. The second-order valence-electron chi connectivity index (χ2n) is 11.2. The summed E-state index contributed by atoms with van der Waals surface area (Å²) in [6.07, 6.45) is 0.00871. The summed E-state index contributed by atoms with van der Waals surface area (Å²) in [5, 5.41) is 0. The number of rotatable bonds is 4. The molecule has 1 atom stereocenters. The van der Waals surface area contributed by atoms with Gasteiger partial charge < -0.3 is 0 Å². The van der Waals surface area contributed by atoms with Crippen molar-refractivity contribution in [1.82, 2.24) is 14.9 Å². The zero-order chi connectivity index (χ0) is 23.3. The summed E-state index contributed by atoms with van der Waals surface area (Å²) in [5.74, 6) is 0.912. The van der Waals surface area contributed by atoms with Crippen molar-refractivity contribution in [2.24, 2.45) is 0 Å². The molecule has 174 valence electrons. The normalized spacial score (nSPS) is 23.8. The predicted molar refractivity (Wildman–Crippen MR) is 129 cm³/mol. The van der Waals surface area contributed by atoms with Gasteiger partial charge in [0.15, 0.2) is 0 Å². The second kappa shape index (κ2) is 8.61. The fraction of sp³-hybridized carbons (Fsp3) is 0.625. The summed E-state index contributed by atoms with van der Waals surface area (Å²) in [7, 11) is 0. The monoisotopic (exact) mass is 550 g/mol. The Morgan fingerprint density at radius 3 is 2.41 bits per heavy atom. The molecule has 6 nitrogen and oxygen atoms in total. The molecule has 2 aliphatic rings. The third-order valence-corrected chi connectivity index (χ3v) is 11.6. The summed E-state index contributed by atoms with van der Waals surface area (Å²) in [5.41, 5.74) is 1.47. The van der Waals surface area contributed by atoms with Gasteiger partial charge in [-0.15, -0.1) is 0 Å².